The molecule has 0 spiro atoms. The number of nitrogens with one attached hydrogen (secondary N) is 3. The summed E-state index contributed by atoms with van der Waals surface area (Å²) in [7, 11) is 0. The molecule has 1 aliphatic heterocycles. The summed E-state index contributed by atoms with van der Waals surface area (Å²) in [6, 6.07) is 10.3. The molecule has 5 heterocycles. The fourth-order valence-electron chi connectivity index (χ4n) is 4.32. The second-order valence-electron chi connectivity index (χ2n) is 7.90. The third-order valence-corrected chi connectivity index (χ3v) is 5.97. The van der Waals surface area contributed by atoms with E-state index in [-0.39, 0.29) is 5.82 Å². The Bertz CT molecular complexity index is 1380. The molecule has 4 aromatic heterocycles. The first-order valence-corrected chi connectivity index (χ1v) is 10.4. The summed E-state index contributed by atoms with van der Waals surface area (Å²) in [4.78, 5) is 17.4. The summed E-state index contributed by atoms with van der Waals surface area (Å²) >= 11 is 0. The van der Waals surface area contributed by atoms with E-state index in [1.807, 2.05) is 12.3 Å². The number of nitrogens with zero attached hydrogens (tertiary/aromatic N) is 4. The maximum absolute atomic E-state index is 13.4. The Morgan fingerprint density at radius 2 is 1.77 bits per heavy atom. The van der Waals surface area contributed by atoms with E-state index in [4.69, 9.17) is 4.98 Å². The summed E-state index contributed by atoms with van der Waals surface area (Å²) in [5, 5.41) is 12.0. The summed E-state index contributed by atoms with van der Waals surface area (Å²) < 4.78 is 13.4. The average Bonchev–Trinajstić information content (AvgIpc) is 3.43. The number of imidazole rings is 1. The highest BCUT2D eigenvalue weighted by molar-refractivity contribution is 5.95. The van der Waals surface area contributed by atoms with Crippen LogP contribution in [0.2, 0.25) is 0 Å². The number of piperidine rings is 1. The Balaban J connectivity index is 1.46. The third-order valence-electron chi connectivity index (χ3n) is 5.97. The van der Waals surface area contributed by atoms with E-state index in [1.165, 1.54) is 12.1 Å². The zero-order valence-corrected chi connectivity index (χ0v) is 16.7. The second-order valence-corrected chi connectivity index (χ2v) is 7.90. The first kappa shape index (κ1) is 18.1. The summed E-state index contributed by atoms with van der Waals surface area (Å²) in [6.07, 6.45) is 5.76. The van der Waals surface area contributed by atoms with Crippen molar-refractivity contribution >= 4 is 21.9 Å². The molecule has 0 unspecified atom stereocenters. The van der Waals surface area contributed by atoms with Gasteiger partial charge in [-0.05, 0) is 62.3 Å². The molecule has 0 radical (unpaired) electrons. The molecule has 1 saturated heterocycles. The fraction of sp³-hybridized carbons (Fsp3) is 0.217. The monoisotopic (exact) mass is 413 g/mol. The van der Waals surface area contributed by atoms with Crippen LogP contribution in [0.1, 0.15) is 24.5 Å². The van der Waals surface area contributed by atoms with Gasteiger partial charge < -0.3 is 10.3 Å². The lowest BCUT2D eigenvalue weighted by Gasteiger charge is -2.21. The van der Waals surface area contributed by atoms with Crippen LogP contribution in [0.15, 0.2) is 48.8 Å². The van der Waals surface area contributed by atoms with Crippen LogP contribution in [0.25, 0.3) is 44.7 Å². The van der Waals surface area contributed by atoms with Crippen molar-refractivity contribution in [2.75, 3.05) is 13.1 Å². The van der Waals surface area contributed by atoms with E-state index >= 15 is 0 Å². The lowest BCUT2D eigenvalue weighted by Crippen LogP contribution is -2.27. The minimum absolute atomic E-state index is 0.278. The van der Waals surface area contributed by atoms with Gasteiger partial charge in [-0.3, -0.25) is 15.1 Å². The first-order valence-electron chi connectivity index (χ1n) is 10.4. The number of hydrogen-bond donors (Lipinski definition) is 3. The molecule has 1 aromatic carbocycles. The minimum Gasteiger partial charge on any atom is -0.336 e. The van der Waals surface area contributed by atoms with Crippen LogP contribution in [0.4, 0.5) is 4.39 Å². The average molecular weight is 413 g/mol. The van der Waals surface area contributed by atoms with Crippen LogP contribution in [0, 0.1) is 5.82 Å². The molecule has 3 N–H and O–H groups in total. The molecule has 0 atom stereocenters. The minimum atomic E-state index is -0.278. The van der Waals surface area contributed by atoms with Crippen LogP contribution < -0.4 is 5.32 Å². The predicted octanol–water partition coefficient (Wildman–Crippen LogP) is 4.17. The zero-order valence-electron chi connectivity index (χ0n) is 16.7. The van der Waals surface area contributed by atoms with Gasteiger partial charge in [0.1, 0.15) is 17.0 Å². The van der Waals surface area contributed by atoms with Crippen LogP contribution in [0.3, 0.4) is 0 Å². The molecule has 0 saturated carbocycles. The number of rotatable bonds is 3. The number of H-pyrrole nitrogens is 2. The van der Waals surface area contributed by atoms with E-state index in [0.717, 1.165) is 64.8 Å². The van der Waals surface area contributed by atoms with Crippen molar-refractivity contribution in [3.05, 3.63) is 60.3 Å². The molecule has 1 fully saturated rings. The largest absolute Gasteiger partial charge is 0.336 e. The number of aromatic amines is 2. The number of halogens is 1. The van der Waals surface area contributed by atoms with Crippen LogP contribution in [-0.4, -0.2) is 43.2 Å². The summed E-state index contributed by atoms with van der Waals surface area (Å²) in [5.74, 6) is 0.846. The SMILES string of the molecule is Fc1ccc(-c2nccc3[nH]c(-c4n[nH]c5cnc(C6CCNCC6)cc45)nc23)cc1. The third kappa shape index (κ3) is 3.16. The topological polar surface area (TPSA) is 95.2 Å². The number of pyridine rings is 2. The van der Waals surface area contributed by atoms with Crippen molar-refractivity contribution in [2.24, 2.45) is 0 Å². The van der Waals surface area contributed by atoms with Gasteiger partial charge in [-0.25, -0.2) is 9.37 Å². The molecule has 8 heteroatoms. The highest BCUT2D eigenvalue weighted by atomic mass is 19.1. The van der Waals surface area contributed by atoms with Gasteiger partial charge in [-0.2, -0.15) is 5.10 Å². The normalized spacial score (nSPS) is 15.1. The second kappa shape index (κ2) is 7.24. The molecule has 0 bridgehead atoms. The van der Waals surface area contributed by atoms with Gasteiger partial charge >= 0.3 is 0 Å². The Labute approximate surface area is 177 Å². The standard InChI is InChI=1S/C23H20FN7/c24-15-3-1-14(2-4-15)20-22-17(7-10-26-20)28-23(29-22)21-16-11-18(13-5-8-25-9-6-13)27-12-19(16)30-31-21/h1-4,7,10-13,25H,5-6,8-9H2,(H,28,29)(H,30,31). The van der Waals surface area contributed by atoms with E-state index in [0.29, 0.717) is 17.4 Å². The van der Waals surface area contributed by atoms with Crippen molar-refractivity contribution in [1.29, 1.82) is 0 Å². The molecule has 1 aliphatic rings. The molecular weight excluding hydrogens is 393 g/mol. The van der Waals surface area contributed by atoms with Crippen LogP contribution in [-0.2, 0) is 0 Å². The number of aromatic nitrogens is 6. The van der Waals surface area contributed by atoms with Gasteiger partial charge in [-0.15, -0.1) is 0 Å². The van der Waals surface area contributed by atoms with Gasteiger partial charge in [0.2, 0.25) is 0 Å². The smallest absolute Gasteiger partial charge is 0.159 e. The molecule has 0 amide bonds. The molecular formula is C23H20FN7. The first-order chi connectivity index (χ1) is 15.3. The van der Waals surface area contributed by atoms with Crippen molar-refractivity contribution in [1.82, 2.24) is 35.5 Å². The van der Waals surface area contributed by atoms with E-state index in [2.05, 4.69) is 36.5 Å². The Morgan fingerprint density at radius 3 is 2.61 bits per heavy atom. The highest BCUT2D eigenvalue weighted by Gasteiger charge is 2.20. The molecule has 5 aromatic rings. The Kier molecular flexibility index (Phi) is 4.24. The quantitative estimate of drug-likeness (QED) is 0.413. The number of benzene rings is 1. The predicted molar refractivity (Wildman–Crippen MR) is 117 cm³/mol. The van der Waals surface area contributed by atoms with Gasteiger partial charge in [0.05, 0.1) is 22.9 Å². The van der Waals surface area contributed by atoms with Crippen LogP contribution in [0.5, 0.6) is 0 Å². The molecule has 6 rings (SSSR count). The Morgan fingerprint density at radius 1 is 0.935 bits per heavy atom. The number of hydrogen-bond acceptors (Lipinski definition) is 5. The van der Waals surface area contributed by atoms with Crippen molar-refractivity contribution < 1.29 is 4.39 Å². The van der Waals surface area contributed by atoms with Crippen molar-refractivity contribution in [3.63, 3.8) is 0 Å². The fourth-order valence-corrected chi connectivity index (χ4v) is 4.32. The molecule has 31 heavy (non-hydrogen) atoms. The maximum atomic E-state index is 13.4. The highest BCUT2D eigenvalue weighted by Crippen LogP contribution is 2.32. The van der Waals surface area contributed by atoms with Crippen LogP contribution >= 0.6 is 0 Å². The van der Waals surface area contributed by atoms with E-state index in [1.54, 1.807) is 18.3 Å². The summed E-state index contributed by atoms with van der Waals surface area (Å²) in [5.41, 5.74) is 5.84. The van der Waals surface area contributed by atoms with Gasteiger partial charge in [0, 0.05) is 28.8 Å². The molecule has 154 valence electrons. The zero-order chi connectivity index (χ0) is 20.8. The lowest BCUT2D eigenvalue weighted by molar-refractivity contribution is 0.453. The van der Waals surface area contributed by atoms with Gasteiger partial charge in [0.15, 0.2) is 5.82 Å². The van der Waals surface area contributed by atoms with Crippen molar-refractivity contribution in [2.45, 2.75) is 18.8 Å². The molecule has 7 nitrogen and oxygen atoms in total. The van der Waals surface area contributed by atoms with Gasteiger partial charge in [-0.1, -0.05) is 0 Å². The van der Waals surface area contributed by atoms with E-state index < -0.39 is 0 Å². The molecule has 0 aliphatic carbocycles. The van der Waals surface area contributed by atoms with Gasteiger partial charge in [0.25, 0.3) is 0 Å². The Hall–Kier alpha value is -3.65. The van der Waals surface area contributed by atoms with Crippen molar-refractivity contribution in [3.8, 4) is 22.8 Å². The lowest BCUT2D eigenvalue weighted by atomic mass is 9.93. The number of fused-ring (bicyclic) bond motifs is 2. The summed E-state index contributed by atoms with van der Waals surface area (Å²) in [6.45, 7) is 2.04. The maximum Gasteiger partial charge on any atom is 0.159 e. The van der Waals surface area contributed by atoms with E-state index in [9.17, 15) is 4.39 Å².